The van der Waals surface area contributed by atoms with Gasteiger partial charge in [-0.3, -0.25) is 9.97 Å². The van der Waals surface area contributed by atoms with Gasteiger partial charge in [0.15, 0.2) is 0 Å². The number of aromatic nitrogens is 2. The van der Waals surface area contributed by atoms with E-state index in [1.165, 1.54) is 10.9 Å². The first kappa shape index (κ1) is 33.0. The van der Waals surface area contributed by atoms with Crippen LogP contribution >= 0.6 is 0 Å². The highest BCUT2D eigenvalue weighted by Gasteiger charge is 2.19. The van der Waals surface area contributed by atoms with Crippen LogP contribution in [0, 0.1) is 0 Å². The van der Waals surface area contributed by atoms with E-state index in [4.69, 9.17) is 4.98 Å². The molecule has 0 aliphatic heterocycles. The fraction of sp³-hybridized carbons (Fsp3) is 0. The Hall–Kier alpha value is -7.56. The van der Waals surface area contributed by atoms with Crippen LogP contribution in [0.15, 0.2) is 219 Å². The van der Waals surface area contributed by atoms with E-state index in [9.17, 15) is 0 Å². The van der Waals surface area contributed by atoms with Gasteiger partial charge in [0, 0.05) is 57.3 Å². The zero-order chi connectivity index (χ0) is 37.3. The van der Waals surface area contributed by atoms with Crippen LogP contribution in [0.3, 0.4) is 0 Å². The van der Waals surface area contributed by atoms with Gasteiger partial charge in [-0.15, -0.1) is 0 Å². The fourth-order valence-corrected chi connectivity index (χ4v) is 7.69. The summed E-state index contributed by atoms with van der Waals surface area (Å²) in [6, 6.07) is 73.4. The van der Waals surface area contributed by atoms with Crippen LogP contribution in [-0.2, 0) is 0 Å². The number of hydrogen-bond donors (Lipinski definition) is 0. The van der Waals surface area contributed by atoms with Gasteiger partial charge in [0.2, 0.25) is 0 Å². The van der Waals surface area contributed by atoms with Gasteiger partial charge in [0.25, 0.3) is 0 Å². The van der Waals surface area contributed by atoms with E-state index in [1.807, 2.05) is 24.5 Å². The maximum atomic E-state index is 4.70. The number of fused-ring (bicyclic) bond motifs is 3. The summed E-state index contributed by atoms with van der Waals surface area (Å²) in [4.78, 5) is 14.0. The quantitative estimate of drug-likeness (QED) is 0.157. The van der Waals surface area contributed by atoms with E-state index in [2.05, 4.69) is 209 Å². The molecule has 10 rings (SSSR count). The third-order valence-electron chi connectivity index (χ3n) is 10.4. The second kappa shape index (κ2) is 14.3. The normalized spacial score (nSPS) is 11.2. The molecule has 0 atom stereocenters. The number of para-hydroxylation sites is 1. The number of benzene rings is 8. The molecule has 0 aliphatic carbocycles. The molecule has 0 spiro atoms. The first-order valence-electron chi connectivity index (χ1n) is 18.9. The van der Waals surface area contributed by atoms with Gasteiger partial charge in [0.05, 0.1) is 11.0 Å². The van der Waals surface area contributed by atoms with Crippen LogP contribution in [0.25, 0.3) is 54.8 Å². The second-order valence-electron chi connectivity index (χ2n) is 14.0. The number of rotatable bonds is 8. The molecular formula is C52H36N4. The van der Waals surface area contributed by atoms with E-state index in [-0.39, 0.29) is 0 Å². The van der Waals surface area contributed by atoms with Gasteiger partial charge in [-0.2, -0.15) is 0 Å². The Bertz CT molecular complexity index is 3000. The monoisotopic (exact) mass is 716 g/mol. The third-order valence-corrected chi connectivity index (χ3v) is 10.4. The van der Waals surface area contributed by atoms with Gasteiger partial charge >= 0.3 is 0 Å². The molecule has 0 N–H and O–H groups in total. The number of nitrogens with zero attached hydrogens (tertiary/aromatic N) is 4. The molecule has 4 heteroatoms. The van der Waals surface area contributed by atoms with Crippen molar-refractivity contribution < 1.29 is 0 Å². The lowest BCUT2D eigenvalue weighted by molar-refractivity contribution is 1.25. The van der Waals surface area contributed by atoms with Crippen LogP contribution in [0.1, 0.15) is 0 Å². The first-order chi connectivity index (χ1) is 27.7. The van der Waals surface area contributed by atoms with E-state index >= 15 is 0 Å². The van der Waals surface area contributed by atoms with Crippen molar-refractivity contribution in [1.29, 1.82) is 0 Å². The van der Waals surface area contributed by atoms with Gasteiger partial charge in [0.1, 0.15) is 0 Å². The van der Waals surface area contributed by atoms with Gasteiger partial charge in [-0.05, 0) is 124 Å². The van der Waals surface area contributed by atoms with Crippen LogP contribution in [-0.4, -0.2) is 9.97 Å². The Labute approximate surface area is 326 Å². The Kier molecular flexibility index (Phi) is 8.47. The minimum absolute atomic E-state index is 0.955. The predicted octanol–water partition coefficient (Wildman–Crippen LogP) is 14.2. The standard InChI is InChI=1S/C52H36N4/c1-3-11-37(12-4-1)41-13-7-18-46(32-41)56(49-27-25-38-21-23-42(31-44(38)33-49)43-24-22-39-14-9-29-53-51(39)34-43)48-20-8-19-47(35-48)55(45-16-5-2-6-17-45)50-28-26-40-15-10-30-54-52(40)36-50/h1-36H. The highest BCUT2D eigenvalue weighted by molar-refractivity contribution is 5.94. The molecule has 0 radical (unpaired) electrons. The Balaban J connectivity index is 1.13. The molecule has 4 nitrogen and oxygen atoms in total. The minimum atomic E-state index is 0.955. The van der Waals surface area contributed by atoms with Crippen molar-refractivity contribution in [2.24, 2.45) is 0 Å². The molecule has 10 aromatic rings. The highest BCUT2D eigenvalue weighted by Crippen LogP contribution is 2.42. The summed E-state index contributed by atoms with van der Waals surface area (Å²) < 4.78 is 0. The summed E-state index contributed by atoms with van der Waals surface area (Å²) in [6.07, 6.45) is 3.71. The van der Waals surface area contributed by atoms with Gasteiger partial charge in [-0.1, -0.05) is 115 Å². The fourth-order valence-electron chi connectivity index (χ4n) is 7.69. The zero-order valence-corrected chi connectivity index (χ0v) is 30.6. The molecule has 2 aromatic heterocycles. The summed E-state index contributed by atoms with van der Waals surface area (Å²) in [5.74, 6) is 0. The van der Waals surface area contributed by atoms with E-state index < -0.39 is 0 Å². The van der Waals surface area contributed by atoms with Crippen molar-refractivity contribution in [3.63, 3.8) is 0 Å². The van der Waals surface area contributed by atoms with Crippen LogP contribution in [0.2, 0.25) is 0 Å². The minimum Gasteiger partial charge on any atom is -0.310 e. The lowest BCUT2D eigenvalue weighted by Gasteiger charge is -2.30. The first-order valence-corrected chi connectivity index (χ1v) is 18.9. The maximum absolute atomic E-state index is 4.70. The largest absolute Gasteiger partial charge is 0.310 e. The lowest BCUT2D eigenvalue weighted by atomic mass is 9.99. The lowest BCUT2D eigenvalue weighted by Crippen LogP contribution is -2.13. The molecule has 56 heavy (non-hydrogen) atoms. The van der Waals surface area contributed by atoms with Crippen LogP contribution in [0.4, 0.5) is 34.1 Å². The van der Waals surface area contributed by atoms with Crippen LogP contribution in [0.5, 0.6) is 0 Å². The molecule has 264 valence electrons. The summed E-state index contributed by atoms with van der Waals surface area (Å²) in [6.45, 7) is 0. The zero-order valence-electron chi connectivity index (χ0n) is 30.6. The van der Waals surface area contributed by atoms with Crippen molar-refractivity contribution in [3.8, 4) is 22.3 Å². The molecule has 0 aliphatic rings. The topological polar surface area (TPSA) is 32.3 Å². The molecule has 0 fully saturated rings. The molecule has 0 saturated carbocycles. The molecule has 0 saturated heterocycles. The van der Waals surface area contributed by atoms with Crippen molar-refractivity contribution >= 4 is 66.7 Å². The second-order valence-corrected chi connectivity index (χ2v) is 14.0. The summed E-state index contributed by atoms with van der Waals surface area (Å²) in [5.41, 5.74) is 12.9. The summed E-state index contributed by atoms with van der Waals surface area (Å²) in [5, 5.41) is 4.59. The molecule has 8 aromatic carbocycles. The molecular weight excluding hydrogens is 681 g/mol. The maximum Gasteiger partial charge on any atom is 0.0722 e. The average molecular weight is 717 g/mol. The van der Waals surface area contributed by atoms with E-state index in [1.54, 1.807) is 0 Å². The SMILES string of the molecule is c1ccc(-c2cccc(N(c3cccc(N(c4ccccc4)c4ccc5cccnc5c4)c3)c3ccc4ccc(-c5ccc6cccnc6c5)cc4c3)c2)cc1. The van der Waals surface area contributed by atoms with Crippen molar-refractivity contribution in [2.75, 3.05) is 9.80 Å². The summed E-state index contributed by atoms with van der Waals surface area (Å²) >= 11 is 0. The Morgan fingerprint density at radius 2 is 0.732 bits per heavy atom. The van der Waals surface area contributed by atoms with Crippen LogP contribution < -0.4 is 9.80 Å². The van der Waals surface area contributed by atoms with Crippen molar-refractivity contribution in [2.45, 2.75) is 0 Å². The molecule has 2 heterocycles. The summed E-state index contributed by atoms with van der Waals surface area (Å²) in [7, 11) is 0. The van der Waals surface area contributed by atoms with E-state index in [0.29, 0.717) is 0 Å². The predicted molar refractivity (Wildman–Crippen MR) is 235 cm³/mol. The number of anilines is 6. The smallest absolute Gasteiger partial charge is 0.0722 e. The molecule has 0 amide bonds. The number of pyridine rings is 2. The average Bonchev–Trinajstić information content (AvgIpc) is 3.27. The molecule has 0 bridgehead atoms. The highest BCUT2D eigenvalue weighted by atomic mass is 15.2. The molecule has 0 unspecified atom stereocenters. The Morgan fingerprint density at radius 1 is 0.250 bits per heavy atom. The number of hydrogen-bond acceptors (Lipinski definition) is 4. The van der Waals surface area contributed by atoms with E-state index in [0.717, 1.165) is 78.0 Å². The third kappa shape index (κ3) is 6.40. The Morgan fingerprint density at radius 3 is 1.46 bits per heavy atom. The van der Waals surface area contributed by atoms with Gasteiger partial charge < -0.3 is 9.80 Å². The van der Waals surface area contributed by atoms with Gasteiger partial charge in [-0.25, -0.2) is 0 Å². The van der Waals surface area contributed by atoms with Crippen molar-refractivity contribution in [3.05, 3.63) is 219 Å². The van der Waals surface area contributed by atoms with Crippen molar-refractivity contribution in [1.82, 2.24) is 9.97 Å².